The lowest BCUT2D eigenvalue weighted by atomic mass is 9.93. The van der Waals surface area contributed by atoms with Gasteiger partial charge >= 0.3 is 6.03 Å². The van der Waals surface area contributed by atoms with Gasteiger partial charge in [-0.1, -0.05) is 24.3 Å². The highest BCUT2D eigenvalue weighted by Gasteiger charge is 2.36. The molecule has 208 valence electrons. The van der Waals surface area contributed by atoms with Crippen molar-refractivity contribution in [3.05, 3.63) is 89.5 Å². The van der Waals surface area contributed by atoms with Gasteiger partial charge in [-0.25, -0.2) is 28.2 Å². The number of rotatable bonds is 8. The number of aryl methyl sites for hydroxylation is 1. The van der Waals surface area contributed by atoms with E-state index in [0.29, 0.717) is 35.9 Å². The quantitative estimate of drug-likeness (QED) is 0.285. The van der Waals surface area contributed by atoms with E-state index >= 15 is 0 Å². The van der Waals surface area contributed by atoms with Crippen molar-refractivity contribution in [1.29, 1.82) is 0 Å². The third-order valence-electron chi connectivity index (χ3n) is 7.49. The van der Waals surface area contributed by atoms with Crippen LogP contribution in [0.2, 0.25) is 0 Å². The maximum absolute atomic E-state index is 14.1. The van der Waals surface area contributed by atoms with Crippen molar-refractivity contribution in [2.24, 2.45) is 5.92 Å². The molecule has 1 saturated carbocycles. The summed E-state index contributed by atoms with van der Waals surface area (Å²) in [6.07, 6.45) is 5.67. The normalized spacial score (nSPS) is 18.6. The number of amides is 2. The molecule has 1 aliphatic carbocycles. The molecule has 40 heavy (non-hydrogen) atoms. The molecule has 4 aromatic rings. The lowest BCUT2D eigenvalue weighted by molar-refractivity contribution is 0.177. The molecule has 0 aliphatic heterocycles. The third-order valence-corrected chi connectivity index (χ3v) is 7.49. The Morgan fingerprint density at radius 2 is 1.80 bits per heavy atom. The Balaban J connectivity index is 1.42. The Morgan fingerprint density at radius 1 is 1.05 bits per heavy atom. The van der Waals surface area contributed by atoms with Crippen LogP contribution in [0.25, 0.3) is 16.9 Å². The highest BCUT2D eigenvalue weighted by atomic mass is 19.2. The molecule has 8 nitrogen and oxygen atoms in total. The SMILES string of the molecule is COCC[C@@H]1C[C@@H](NC(=O)Nc2c(C)c(-c3cnc(C)nc3)nn2-c2ccccc2)[C@H](c2ccc(F)c(F)c2)C1. The van der Waals surface area contributed by atoms with Gasteiger partial charge in [0.15, 0.2) is 11.6 Å². The van der Waals surface area contributed by atoms with Crippen LogP contribution in [0.15, 0.2) is 60.9 Å². The number of carbonyl (C=O) groups excluding carboxylic acids is 1. The maximum atomic E-state index is 14.1. The molecule has 1 fully saturated rings. The Morgan fingerprint density at radius 3 is 2.50 bits per heavy atom. The molecule has 2 aromatic heterocycles. The molecule has 1 aliphatic rings. The van der Waals surface area contributed by atoms with Gasteiger partial charge in [0, 0.05) is 49.2 Å². The maximum Gasteiger partial charge on any atom is 0.320 e. The first-order valence-corrected chi connectivity index (χ1v) is 13.3. The van der Waals surface area contributed by atoms with Crippen LogP contribution in [0, 0.1) is 31.4 Å². The summed E-state index contributed by atoms with van der Waals surface area (Å²) in [4.78, 5) is 22.1. The fraction of sp³-hybridized carbons (Fsp3) is 0.333. The number of ether oxygens (including phenoxy) is 1. The number of hydrogen-bond acceptors (Lipinski definition) is 5. The summed E-state index contributed by atoms with van der Waals surface area (Å²) < 4.78 is 34.7. The minimum atomic E-state index is -0.893. The van der Waals surface area contributed by atoms with Gasteiger partial charge in [0.25, 0.3) is 0 Å². The summed E-state index contributed by atoms with van der Waals surface area (Å²) in [6.45, 7) is 4.29. The Kier molecular flexibility index (Phi) is 8.16. The second-order valence-corrected chi connectivity index (χ2v) is 10.2. The van der Waals surface area contributed by atoms with Gasteiger partial charge < -0.3 is 10.1 Å². The minimum Gasteiger partial charge on any atom is -0.385 e. The number of hydrogen-bond donors (Lipinski definition) is 2. The number of anilines is 1. The van der Waals surface area contributed by atoms with Crippen molar-refractivity contribution in [3.63, 3.8) is 0 Å². The van der Waals surface area contributed by atoms with Gasteiger partial charge in [-0.3, -0.25) is 5.32 Å². The topological polar surface area (TPSA) is 94.0 Å². The molecule has 0 spiro atoms. The van der Waals surface area contributed by atoms with Crippen molar-refractivity contribution in [1.82, 2.24) is 25.1 Å². The molecule has 0 unspecified atom stereocenters. The van der Waals surface area contributed by atoms with Crippen molar-refractivity contribution in [2.75, 3.05) is 19.0 Å². The van der Waals surface area contributed by atoms with Crippen molar-refractivity contribution >= 4 is 11.8 Å². The van der Waals surface area contributed by atoms with Crippen LogP contribution in [0.1, 0.15) is 42.1 Å². The summed E-state index contributed by atoms with van der Waals surface area (Å²) in [5, 5.41) is 10.9. The molecule has 0 radical (unpaired) electrons. The first-order chi connectivity index (χ1) is 19.3. The lowest BCUT2D eigenvalue weighted by Crippen LogP contribution is -2.40. The first kappa shape index (κ1) is 27.4. The number of halogens is 2. The second-order valence-electron chi connectivity index (χ2n) is 10.2. The Bertz CT molecular complexity index is 1480. The zero-order valence-corrected chi connectivity index (χ0v) is 22.7. The summed E-state index contributed by atoms with van der Waals surface area (Å²) in [5.74, 6) is -0.512. The van der Waals surface area contributed by atoms with Gasteiger partial charge in [0.05, 0.1) is 5.69 Å². The van der Waals surface area contributed by atoms with Crippen LogP contribution >= 0.6 is 0 Å². The number of methoxy groups -OCH3 is 1. The predicted octanol–water partition coefficient (Wildman–Crippen LogP) is 5.94. The van der Waals surface area contributed by atoms with Crippen LogP contribution in [-0.2, 0) is 4.74 Å². The van der Waals surface area contributed by atoms with Crippen LogP contribution < -0.4 is 10.6 Å². The van der Waals surface area contributed by atoms with Gasteiger partial charge in [0.2, 0.25) is 0 Å². The summed E-state index contributed by atoms with van der Waals surface area (Å²) in [6, 6.07) is 12.8. The van der Waals surface area contributed by atoms with Gasteiger partial charge in [-0.15, -0.1) is 0 Å². The molecule has 2 amide bonds. The van der Waals surface area contributed by atoms with Gasteiger partial charge in [-0.05, 0) is 68.9 Å². The molecule has 5 rings (SSSR count). The summed E-state index contributed by atoms with van der Waals surface area (Å²) >= 11 is 0. The van der Waals surface area contributed by atoms with E-state index in [1.54, 1.807) is 30.3 Å². The number of para-hydroxylation sites is 1. The van der Waals surface area contributed by atoms with E-state index in [2.05, 4.69) is 20.6 Å². The van der Waals surface area contributed by atoms with Crippen LogP contribution in [0.4, 0.5) is 19.4 Å². The minimum absolute atomic E-state index is 0.164. The van der Waals surface area contributed by atoms with E-state index in [4.69, 9.17) is 9.84 Å². The molecule has 2 heterocycles. The third kappa shape index (κ3) is 5.86. The Labute approximate surface area is 231 Å². The number of nitrogens with zero attached hydrogens (tertiary/aromatic N) is 4. The molecule has 3 atom stereocenters. The number of benzene rings is 2. The molecular weight excluding hydrogens is 514 g/mol. The van der Waals surface area contributed by atoms with E-state index in [0.717, 1.165) is 35.7 Å². The van der Waals surface area contributed by atoms with E-state index in [1.165, 1.54) is 6.07 Å². The predicted molar refractivity (Wildman–Crippen MR) is 148 cm³/mol. The Hall–Kier alpha value is -4.18. The average Bonchev–Trinajstić information content (AvgIpc) is 3.50. The van der Waals surface area contributed by atoms with E-state index in [-0.39, 0.29) is 17.9 Å². The highest BCUT2D eigenvalue weighted by Crippen LogP contribution is 2.41. The van der Waals surface area contributed by atoms with Crippen LogP contribution in [0.5, 0.6) is 0 Å². The standard InChI is InChI=1S/C30H32F2N6O2/c1-18-28(22-16-33-19(2)34-17-22)37-38(23-7-5-4-6-8-23)29(18)36-30(39)35-27-14-20(11-12-40-3)13-24(27)21-9-10-25(31)26(32)15-21/h4-10,15-17,20,24,27H,11-14H2,1-3H3,(H2,35,36,39)/t20-,24-,27+/m0/s1. The monoisotopic (exact) mass is 546 g/mol. The van der Waals surface area contributed by atoms with Gasteiger partial charge in [0.1, 0.15) is 17.3 Å². The number of carbonyl (C=O) groups is 1. The fourth-order valence-electron chi connectivity index (χ4n) is 5.43. The van der Waals surface area contributed by atoms with E-state index in [1.807, 2.05) is 44.2 Å². The lowest BCUT2D eigenvalue weighted by Gasteiger charge is -2.22. The van der Waals surface area contributed by atoms with Crippen molar-refractivity contribution in [2.45, 2.75) is 45.1 Å². The number of urea groups is 1. The van der Waals surface area contributed by atoms with Crippen LogP contribution in [0.3, 0.4) is 0 Å². The summed E-state index contributed by atoms with van der Waals surface area (Å²) in [7, 11) is 1.65. The molecular formula is C30H32F2N6O2. The molecule has 10 heteroatoms. The number of aromatic nitrogens is 4. The molecule has 2 aromatic carbocycles. The second kappa shape index (κ2) is 11.9. The fourth-order valence-corrected chi connectivity index (χ4v) is 5.43. The highest BCUT2D eigenvalue weighted by molar-refractivity contribution is 5.91. The van der Waals surface area contributed by atoms with E-state index in [9.17, 15) is 13.6 Å². The smallest absolute Gasteiger partial charge is 0.320 e. The van der Waals surface area contributed by atoms with E-state index < -0.39 is 17.7 Å². The summed E-state index contributed by atoms with van der Waals surface area (Å²) in [5.41, 5.74) is 3.58. The first-order valence-electron chi connectivity index (χ1n) is 13.3. The van der Waals surface area contributed by atoms with Gasteiger partial charge in [-0.2, -0.15) is 5.10 Å². The van der Waals surface area contributed by atoms with Crippen LogP contribution in [-0.4, -0.2) is 45.5 Å². The van der Waals surface area contributed by atoms with Crippen molar-refractivity contribution in [3.8, 4) is 16.9 Å². The zero-order chi connectivity index (χ0) is 28.2. The van der Waals surface area contributed by atoms with Crippen molar-refractivity contribution < 1.29 is 18.3 Å². The largest absolute Gasteiger partial charge is 0.385 e. The molecule has 0 saturated heterocycles. The number of nitrogens with one attached hydrogen (secondary N) is 2. The average molecular weight is 547 g/mol. The zero-order valence-electron chi connectivity index (χ0n) is 22.7. The molecule has 2 N–H and O–H groups in total. The molecule has 0 bridgehead atoms.